The molecule has 5 nitrogen and oxygen atoms in total. The largest absolute Gasteiger partial charge is 0.344 e. The third kappa shape index (κ3) is 4.06. The van der Waals surface area contributed by atoms with Crippen LogP contribution in [-0.2, 0) is 22.4 Å². The highest BCUT2D eigenvalue weighted by Gasteiger charge is 2.26. The van der Waals surface area contributed by atoms with Gasteiger partial charge >= 0.3 is 0 Å². The number of amides is 2. The van der Waals surface area contributed by atoms with Gasteiger partial charge in [-0.15, -0.1) is 11.3 Å². The van der Waals surface area contributed by atoms with Crippen LogP contribution in [-0.4, -0.2) is 22.8 Å². The molecule has 1 heterocycles. The van der Waals surface area contributed by atoms with Crippen LogP contribution in [0.1, 0.15) is 51.1 Å². The molecule has 2 amide bonds. The molecule has 0 radical (unpaired) electrons. The lowest BCUT2D eigenvalue weighted by Crippen LogP contribution is -2.46. The van der Waals surface area contributed by atoms with E-state index in [4.69, 9.17) is 0 Å². The zero-order chi connectivity index (χ0) is 16.3. The zero-order valence-electron chi connectivity index (χ0n) is 13.7. The summed E-state index contributed by atoms with van der Waals surface area (Å²) in [7, 11) is 0. The highest BCUT2D eigenvalue weighted by molar-refractivity contribution is 7.15. The minimum Gasteiger partial charge on any atom is -0.344 e. The second-order valence-electron chi connectivity index (χ2n) is 6.32. The molecule has 0 unspecified atom stereocenters. The predicted octanol–water partition coefficient (Wildman–Crippen LogP) is 2.76. The van der Waals surface area contributed by atoms with Gasteiger partial charge in [-0.05, 0) is 31.1 Å². The summed E-state index contributed by atoms with van der Waals surface area (Å²) >= 11 is 1.58. The summed E-state index contributed by atoms with van der Waals surface area (Å²) in [5.74, 6) is 0.378. The summed E-state index contributed by atoms with van der Waals surface area (Å²) < 4.78 is 0. The first-order chi connectivity index (χ1) is 10.4. The Morgan fingerprint density at radius 1 is 1.41 bits per heavy atom. The molecule has 0 saturated carbocycles. The molecular weight excluding hydrogens is 298 g/mol. The van der Waals surface area contributed by atoms with Gasteiger partial charge in [0, 0.05) is 11.8 Å². The van der Waals surface area contributed by atoms with E-state index in [1.54, 1.807) is 11.3 Å². The quantitative estimate of drug-likeness (QED) is 0.875. The van der Waals surface area contributed by atoms with Gasteiger partial charge < -0.3 is 10.6 Å². The van der Waals surface area contributed by atoms with E-state index in [0.717, 1.165) is 24.5 Å². The Morgan fingerprint density at radius 2 is 2.14 bits per heavy atom. The van der Waals surface area contributed by atoms with E-state index in [2.05, 4.69) is 22.5 Å². The molecule has 0 bridgehead atoms. The first kappa shape index (κ1) is 16.9. The highest BCUT2D eigenvalue weighted by Crippen LogP contribution is 2.33. The average molecular weight is 323 g/mol. The molecule has 1 aromatic rings. The summed E-state index contributed by atoms with van der Waals surface area (Å²) in [6.45, 7) is 7.48. The van der Waals surface area contributed by atoms with Gasteiger partial charge in [0.2, 0.25) is 11.8 Å². The number of fused-ring (bicyclic) bond motifs is 1. The monoisotopic (exact) mass is 323 g/mol. The molecule has 0 aliphatic heterocycles. The molecule has 0 spiro atoms. The van der Waals surface area contributed by atoms with Gasteiger partial charge in [-0.1, -0.05) is 27.2 Å². The van der Waals surface area contributed by atoms with E-state index in [1.807, 2.05) is 13.8 Å². The SMILES string of the molecule is CC[C@@H]1CCc2nc(NC(=O)[C@@H](NC(C)=O)C(C)C)sc2C1. The van der Waals surface area contributed by atoms with E-state index in [-0.39, 0.29) is 17.7 Å². The molecule has 2 atom stereocenters. The fraction of sp³-hybridized carbons (Fsp3) is 0.688. The molecule has 1 aromatic heterocycles. The molecule has 0 fully saturated rings. The topological polar surface area (TPSA) is 71.1 Å². The number of thiazole rings is 1. The van der Waals surface area contributed by atoms with Crippen LogP contribution in [0.5, 0.6) is 0 Å². The smallest absolute Gasteiger partial charge is 0.248 e. The van der Waals surface area contributed by atoms with Crippen molar-refractivity contribution in [2.24, 2.45) is 11.8 Å². The molecule has 0 saturated heterocycles. The number of nitrogens with one attached hydrogen (secondary N) is 2. The Morgan fingerprint density at radius 3 is 2.73 bits per heavy atom. The van der Waals surface area contributed by atoms with Crippen molar-refractivity contribution < 1.29 is 9.59 Å². The number of carbonyl (C=O) groups is 2. The maximum absolute atomic E-state index is 12.4. The molecule has 22 heavy (non-hydrogen) atoms. The lowest BCUT2D eigenvalue weighted by atomic mass is 9.89. The van der Waals surface area contributed by atoms with Crippen molar-refractivity contribution in [3.63, 3.8) is 0 Å². The van der Waals surface area contributed by atoms with Crippen LogP contribution in [0, 0.1) is 11.8 Å². The minimum absolute atomic E-state index is 0.0305. The molecule has 6 heteroatoms. The van der Waals surface area contributed by atoms with Gasteiger partial charge in [0.05, 0.1) is 5.69 Å². The molecule has 1 aliphatic carbocycles. The fourth-order valence-electron chi connectivity index (χ4n) is 2.78. The molecule has 2 N–H and O–H groups in total. The van der Waals surface area contributed by atoms with Crippen molar-refractivity contribution >= 4 is 28.3 Å². The maximum Gasteiger partial charge on any atom is 0.248 e. The Labute approximate surface area is 135 Å². The summed E-state index contributed by atoms with van der Waals surface area (Å²) in [5, 5.41) is 6.23. The van der Waals surface area contributed by atoms with Crippen LogP contribution in [0.3, 0.4) is 0 Å². The zero-order valence-corrected chi connectivity index (χ0v) is 14.5. The Hall–Kier alpha value is -1.43. The van der Waals surface area contributed by atoms with E-state index in [1.165, 1.54) is 24.6 Å². The third-order valence-electron chi connectivity index (χ3n) is 4.16. The Balaban J connectivity index is 2.05. The highest BCUT2D eigenvalue weighted by atomic mass is 32.1. The van der Waals surface area contributed by atoms with Gasteiger partial charge in [-0.2, -0.15) is 0 Å². The van der Waals surface area contributed by atoms with E-state index in [9.17, 15) is 9.59 Å². The van der Waals surface area contributed by atoms with Crippen LogP contribution in [0.15, 0.2) is 0 Å². The van der Waals surface area contributed by atoms with Crippen molar-refractivity contribution in [3.8, 4) is 0 Å². The molecular formula is C16H25N3O2S. The number of hydrogen-bond donors (Lipinski definition) is 2. The van der Waals surface area contributed by atoms with Crippen LogP contribution in [0.25, 0.3) is 0 Å². The van der Waals surface area contributed by atoms with Crippen molar-refractivity contribution in [1.82, 2.24) is 10.3 Å². The van der Waals surface area contributed by atoms with Gasteiger partial charge in [-0.3, -0.25) is 9.59 Å². The summed E-state index contributed by atoms with van der Waals surface area (Å²) in [6, 6.07) is -0.526. The molecule has 1 aliphatic rings. The summed E-state index contributed by atoms with van der Waals surface area (Å²) in [5.41, 5.74) is 1.13. The van der Waals surface area contributed by atoms with Crippen molar-refractivity contribution in [3.05, 3.63) is 10.6 Å². The number of rotatable bonds is 5. The second-order valence-corrected chi connectivity index (χ2v) is 7.40. The van der Waals surface area contributed by atoms with Crippen LogP contribution in [0.2, 0.25) is 0 Å². The number of hydrogen-bond acceptors (Lipinski definition) is 4. The van der Waals surface area contributed by atoms with Gasteiger partial charge in [0.25, 0.3) is 0 Å². The number of aryl methyl sites for hydroxylation is 1. The average Bonchev–Trinajstić information content (AvgIpc) is 2.84. The standard InChI is InChI=1S/C16H25N3O2S/c1-5-11-6-7-12-13(8-11)22-16(18-12)19-15(21)14(9(2)3)17-10(4)20/h9,11,14H,5-8H2,1-4H3,(H,17,20)(H,18,19,21)/t11-,14+/m1/s1. The minimum atomic E-state index is -0.526. The number of nitrogens with zero attached hydrogens (tertiary/aromatic N) is 1. The molecule has 122 valence electrons. The third-order valence-corrected chi connectivity index (χ3v) is 5.19. The summed E-state index contributed by atoms with van der Waals surface area (Å²) in [6.07, 6.45) is 4.44. The van der Waals surface area contributed by atoms with Gasteiger partial charge in [0.1, 0.15) is 6.04 Å². The van der Waals surface area contributed by atoms with Crippen LogP contribution < -0.4 is 10.6 Å². The van der Waals surface area contributed by atoms with Crippen LogP contribution >= 0.6 is 11.3 Å². The van der Waals surface area contributed by atoms with E-state index < -0.39 is 6.04 Å². The number of anilines is 1. The molecule has 2 rings (SSSR count). The molecule has 0 aromatic carbocycles. The van der Waals surface area contributed by atoms with Crippen molar-refractivity contribution in [2.75, 3.05) is 5.32 Å². The second kappa shape index (κ2) is 7.22. The van der Waals surface area contributed by atoms with Crippen molar-refractivity contribution in [2.45, 2.75) is 59.4 Å². The first-order valence-corrected chi connectivity index (χ1v) is 8.78. The number of aromatic nitrogens is 1. The number of carbonyl (C=O) groups excluding carboxylic acids is 2. The first-order valence-electron chi connectivity index (χ1n) is 7.97. The Bertz CT molecular complexity index is 554. The Kier molecular flexibility index (Phi) is 5.56. The van der Waals surface area contributed by atoms with Gasteiger partial charge in [-0.25, -0.2) is 4.98 Å². The maximum atomic E-state index is 12.4. The van der Waals surface area contributed by atoms with Gasteiger partial charge in [0.15, 0.2) is 5.13 Å². The van der Waals surface area contributed by atoms with E-state index in [0.29, 0.717) is 5.13 Å². The van der Waals surface area contributed by atoms with Crippen molar-refractivity contribution in [1.29, 1.82) is 0 Å². The fourth-order valence-corrected chi connectivity index (χ4v) is 3.91. The predicted molar refractivity (Wildman–Crippen MR) is 89.0 cm³/mol. The van der Waals surface area contributed by atoms with Crippen LogP contribution in [0.4, 0.5) is 5.13 Å². The normalized spacial score (nSPS) is 18.7. The lowest BCUT2D eigenvalue weighted by molar-refractivity contribution is -0.126. The lowest BCUT2D eigenvalue weighted by Gasteiger charge is -2.20. The van der Waals surface area contributed by atoms with E-state index >= 15 is 0 Å². The summed E-state index contributed by atoms with van der Waals surface area (Å²) in [4.78, 5) is 29.5.